The van der Waals surface area contributed by atoms with Crippen LogP contribution < -0.4 is 0 Å². The Morgan fingerprint density at radius 1 is 0.970 bits per heavy atom. The Morgan fingerprint density at radius 3 is 2.30 bits per heavy atom. The number of hydrogen-bond donors (Lipinski definition) is 1. The number of fused-ring (bicyclic) bond motifs is 1. The van der Waals surface area contributed by atoms with Crippen molar-refractivity contribution in [1.82, 2.24) is 4.57 Å². The Labute approximate surface area is 187 Å². The minimum Gasteiger partial charge on any atom is -0.480 e. The number of aromatic nitrogens is 1. The van der Waals surface area contributed by atoms with Crippen molar-refractivity contribution in [1.29, 1.82) is 0 Å². The van der Waals surface area contributed by atoms with Gasteiger partial charge in [-0.05, 0) is 66.6 Å². The summed E-state index contributed by atoms with van der Waals surface area (Å²) >= 11 is 0. The van der Waals surface area contributed by atoms with E-state index in [0.717, 1.165) is 30.3 Å². The summed E-state index contributed by atoms with van der Waals surface area (Å²) < 4.78 is 70.1. The van der Waals surface area contributed by atoms with E-state index in [1.165, 1.54) is 34.9 Å². The van der Waals surface area contributed by atoms with Crippen LogP contribution in [0.3, 0.4) is 0 Å². The Hall–Kier alpha value is -3.59. The number of carbonyl (C=O) groups is 1. The third-order valence-corrected chi connectivity index (χ3v) is 7.41. The molecule has 3 aromatic carbocycles. The molecule has 0 unspecified atom stereocenters. The molecule has 1 N–H and O–H groups in total. The van der Waals surface area contributed by atoms with Gasteiger partial charge in [0.05, 0.1) is 4.90 Å². The Kier molecular flexibility index (Phi) is 5.75. The minimum absolute atomic E-state index is 0.0913. The lowest BCUT2D eigenvalue weighted by molar-refractivity contribution is -0.137. The molecule has 170 valence electrons. The predicted octanol–water partition coefficient (Wildman–Crippen LogP) is 4.88. The highest BCUT2D eigenvalue weighted by atomic mass is 32.2. The van der Waals surface area contributed by atoms with Crippen LogP contribution in [-0.2, 0) is 27.6 Å². The standard InChI is InChI=1S/C24H18F3NO4S/c1-14-19(20-12-17(26)7-10-22(20)28(14)13-23(29)30)11-15-3-2-4-21(27)24(15)33(31,32)18-8-5-16(25)6-9-18/h2-10,12H,11,13H2,1H3,(H,29,30). The van der Waals surface area contributed by atoms with Crippen molar-refractivity contribution >= 4 is 26.7 Å². The summed E-state index contributed by atoms with van der Waals surface area (Å²) in [6.07, 6.45) is -0.0913. The maximum absolute atomic E-state index is 14.9. The van der Waals surface area contributed by atoms with Gasteiger partial charge in [-0.2, -0.15) is 0 Å². The molecule has 33 heavy (non-hydrogen) atoms. The second-order valence-corrected chi connectivity index (χ2v) is 9.45. The molecule has 4 rings (SSSR count). The number of halogens is 3. The summed E-state index contributed by atoms with van der Waals surface area (Å²) in [5, 5.41) is 9.69. The molecule has 0 aliphatic carbocycles. The van der Waals surface area contributed by atoms with Gasteiger partial charge >= 0.3 is 5.97 Å². The minimum atomic E-state index is -4.34. The van der Waals surface area contributed by atoms with Crippen molar-refractivity contribution in [2.24, 2.45) is 0 Å². The van der Waals surface area contributed by atoms with Gasteiger partial charge < -0.3 is 9.67 Å². The van der Waals surface area contributed by atoms with E-state index in [4.69, 9.17) is 0 Å². The van der Waals surface area contributed by atoms with Gasteiger partial charge in [-0.15, -0.1) is 0 Å². The molecule has 0 radical (unpaired) electrons. The highest BCUT2D eigenvalue weighted by molar-refractivity contribution is 7.91. The zero-order valence-corrected chi connectivity index (χ0v) is 18.2. The molecule has 0 saturated heterocycles. The number of benzene rings is 3. The second-order valence-electron chi connectivity index (χ2n) is 7.57. The lowest BCUT2D eigenvalue weighted by atomic mass is 10.0. The fourth-order valence-corrected chi connectivity index (χ4v) is 5.54. The molecule has 1 aromatic heterocycles. The molecule has 0 atom stereocenters. The van der Waals surface area contributed by atoms with E-state index < -0.39 is 38.2 Å². The number of carboxylic acid groups (broad SMARTS) is 1. The van der Waals surface area contributed by atoms with Gasteiger partial charge in [0.1, 0.15) is 28.9 Å². The van der Waals surface area contributed by atoms with E-state index in [2.05, 4.69) is 0 Å². The molecule has 0 spiro atoms. The SMILES string of the molecule is Cc1c(Cc2cccc(F)c2S(=O)(=O)c2ccc(F)cc2)c2cc(F)ccc2n1CC(=O)O. The molecule has 9 heteroatoms. The largest absolute Gasteiger partial charge is 0.480 e. The number of carboxylic acids is 1. The van der Waals surface area contributed by atoms with Crippen molar-refractivity contribution in [3.05, 3.63) is 94.9 Å². The van der Waals surface area contributed by atoms with Crippen molar-refractivity contribution in [3.8, 4) is 0 Å². The maximum atomic E-state index is 14.9. The van der Waals surface area contributed by atoms with Gasteiger partial charge in [0.15, 0.2) is 0 Å². The molecular weight excluding hydrogens is 455 g/mol. The first-order valence-corrected chi connectivity index (χ1v) is 11.3. The Morgan fingerprint density at radius 2 is 1.64 bits per heavy atom. The number of aliphatic carboxylic acids is 1. The van der Waals surface area contributed by atoms with Gasteiger partial charge in [0, 0.05) is 23.0 Å². The highest BCUT2D eigenvalue weighted by Crippen LogP contribution is 2.33. The zero-order valence-electron chi connectivity index (χ0n) is 17.3. The highest BCUT2D eigenvalue weighted by Gasteiger charge is 2.27. The van der Waals surface area contributed by atoms with Crippen LogP contribution in [0.25, 0.3) is 10.9 Å². The van der Waals surface area contributed by atoms with Gasteiger partial charge in [-0.1, -0.05) is 12.1 Å². The number of rotatable bonds is 6. The molecule has 0 saturated carbocycles. The van der Waals surface area contributed by atoms with Gasteiger partial charge in [0.2, 0.25) is 9.84 Å². The average Bonchev–Trinajstić information content (AvgIpc) is 2.98. The van der Waals surface area contributed by atoms with Crippen LogP contribution in [0.1, 0.15) is 16.8 Å². The molecular formula is C24H18F3NO4S. The van der Waals surface area contributed by atoms with Crippen molar-refractivity contribution in [2.75, 3.05) is 0 Å². The van der Waals surface area contributed by atoms with Crippen LogP contribution in [0.15, 0.2) is 70.5 Å². The van der Waals surface area contributed by atoms with E-state index in [0.29, 0.717) is 22.2 Å². The fraction of sp³-hybridized carbons (Fsp3) is 0.125. The number of nitrogens with zero attached hydrogens (tertiary/aromatic N) is 1. The van der Waals surface area contributed by atoms with E-state index in [-0.39, 0.29) is 23.4 Å². The Balaban J connectivity index is 1.91. The van der Waals surface area contributed by atoms with Crippen LogP contribution in [0, 0.1) is 24.4 Å². The average molecular weight is 473 g/mol. The van der Waals surface area contributed by atoms with Gasteiger partial charge in [0.25, 0.3) is 0 Å². The molecule has 5 nitrogen and oxygen atoms in total. The first kappa shape index (κ1) is 22.6. The topological polar surface area (TPSA) is 76.4 Å². The fourth-order valence-electron chi connectivity index (χ4n) is 4.00. The lowest BCUT2D eigenvalue weighted by Gasteiger charge is -2.13. The summed E-state index contributed by atoms with van der Waals surface area (Å²) in [4.78, 5) is 10.5. The molecule has 0 bridgehead atoms. The summed E-state index contributed by atoms with van der Waals surface area (Å²) in [6, 6.07) is 11.8. The van der Waals surface area contributed by atoms with Crippen molar-refractivity contribution in [3.63, 3.8) is 0 Å². The first-order valence-electron chi connectivity index (χ1n) is 9.86. The monoisotopic (exact) mass is 473 g/mol. The summed E-state index contributed by atoms with van der Waals surface area (Å²) in [6.45, 7) is 1.27. The van der Waals surface area contributed by atoms with E-state index in [9.17, 15) is 31.5 Å². The van der Waals surface area contributed by atoms with Crippen LogP contribution in [0.4, 0.5) is 13.2 Å². The first-order chi connectivity index (χ1) is 15.6. The lowest BCUT2D eigenvalue weighted by Crippen LogP contribution is -2.11. The van der Waals surface area contributed by atoms with Crippen LogP contribution in [0.2, 0.25) is 0 Å². The maximum Gasteiger partial charge on any atom is 0.323 e. The molecule has 1 heterocycles. The third-order valence-electron chi connectivity index (χ3n) is 5.52. The van der Waals surface area contributed by atoms with Gasteiger partial charge in [-0.25, -0.2) is 21.6 Å². The van der Waals surface area contributed by atoms with Crippen LogP contribution in [-0.4, -0.2) is 24.1 Å². The molecule has 0 aliphatic heterocycles. The summed E-state index contributed by atoms with van der Waals surface area (Å²) in [7, 11) is -4.34. The quantitative estimate of drug-likeness (QED) is 0.405. The third kappa shape index (κ3) is 4.11. The van der Waals surface area contributed by atoms with E-state index >= 15 is 0 Å². The van der Waals surface area contributed by atoms with Crippen LogP contribution >= 0.6 is 0 Å². The summed E-state index contributed by atoms with van der Waals surface area (Å²) in [5.41, 5.74) is 1.55. The van der Waals surface area contributed by atoms with Gasteiger partial charge in [-0.3, -0.25) is 4.79 Å². The zero-order chi connectivity index (χ0) is 23.9. The molecule has 0 fully saturated rings. The summed E-state index contributed by atoms with van der Waals surface area (Å²) in [5.74, 6) is -3.26. The predicted molar refractivity (Wildman–Crippen MR) is 115 cm³/mol. The van der Waals surface area contributed by atoms with Crippen molar-refractivity contribution in [2.45, 2.75) is 29.7 Å². The number of sulfone groups is 1. The number of hydrogen-bond acceptors (Lipinski definition) is 3. The van der Waals surface area contributed by atoms with Crippen molar-refractivity contribution < 1.29 is 31.5 Å². The van der Waals surface area contributed by atoms with E-state index in [1.807, 2.05) is 0 Å². The normalized spacial score (nSPS) is 11.8. The Bertz CT molecular complexity index is 1490. The molecule has 0 aliphatic rings. The second kappa shape index (κ2) is 8.40. The van der Waals surface area contributed by atoms with E-state index in [1.54, 1.807) is 6.92 Å². The molecule has 0 amide bonds. The molecule has 4 aromatic rings. The smallest absolute Gasteiger partial charge is 0.323 e. The van der Waals surface area contributed by atoms with Crippen LogP contribution in [0.5, 0.6) is 0 Å².